The highest BCUT2D eigenvalue weighted by Crippen LogP contribution is 2.37. The van der Waals surface area contributed by atoms with Crippen molar-refractivity contribution in [2.75, 3.05) is 0 Å². The molecule has 0 saturated heterocycles. The lowest BCUT2D eigenvalue weighted by atomic mass is 10.0. The first-order valence-corrected chi connectivity index (χ1v) is 12.3. The molecule has 0 aliphatic carbocycles. The van der Waals surface area contributed by atoms with E-state index in [0.717, 1.165) is 6.07 Å². The second-order valence-corrected chi connectivity index (χ2v) is 9.91. The van der Waals surface area contributed by atoms with Crippen molar-refractivity contribution >= 4 is 45.7 Å². The Morgan fingerprint density at radius 2 is 1.66 bits per heavy atom. The Balaban J connectivity index is 2.69. The number of phenolic OH excluding ortho intramolecular Hbond substituents is 1. The van der Waals surface area contributed by atoms with Gasteiger partial charge in [-0.1, -0.05) is 0 Å². The Labute approximate surface area is 180 Å². The van der Waals surface area contributed by atoms with Crippen LogP contribution in [-0.2, 0) is 35.9 Å². The van der Waals surface area contributed by atoms with Crippen molar-refractivity contribution in [3.8, 4) is 5.75 Å². The van der Waals surface area contributed by atoms with Crippen molar-refractivity contribution in [2.24, 2.45) is 10.2 Å². The smallest absolute Gasteiger partial charge is 0.154 e. The summed E-state index contributed by atoms with van der Waals surface area (Å²) in [6.07, 6.45) is 0.113. The van der Waals surface area contributed by atoms with Gasteiger partial charge in [0.2, 0.25) is 0 Å². The molecule has 174 valence electrons. The molecule has 14 nitrogen and oxygen atoms in total. The number of nitrogens with zero attached hydrogens (tertiary/aromatic N) is 2. The molecule has 0 saturated carbocycles. The fraction of sp³-hybridized carbons (Fsp3) is 0.133. The van der Waals surface area contributed by atoms with E-state index in [0.29, 0.717) is 12.1 Å². The topological polar surface area (TPSA) is 249 Å². The summed E-state index contributed by atoms with van der Waals surface area (Å²) in [5.74, 6) is -0.586. The highest BCUT2D eigenvalue weighted by Gasteiger charge is 2.18. The van der Waals surface area contributed by atoms with Crippen LogP contribution in [0, 0.1) is 6.92 Å². The van der Waals surface area contributed by atoms with Crippen molar-refractivity contribution in [3.63, 3.8) is 0 Å². The van der Waals surface area contributed by atoms with Crippen LogP contribution in [0.1, 0.15) is 21.5 Å². The molecule has 0 aromatic heterocycles. The zero-order valence-corrected chi connectivity index (χ0v) is 18.2. The predicted molar refractivity (Wildman–Crippen MR) is 97.2 cm³/mol. The van der Waals surface area contributed by atoms with E-state index in [-0.39, 0.29) is 23.6 Å². The largest absolute Gasteiger partial charge is 0.790 e. The molecule has 2 rings (SSSR count). The van der Waals surface area contributed by atoms with Gasteiger partial charge in [0, 0.05) is 5.56 Å². The number of carbonyl (C=O) groups excluding carboxylic acids is 1. The number of aldehydes is 1. The zero-order valence-electron chi connectivity index (χ0n) is 15.7. The highest BCUT2D eigenvalue weighted by atomic mass is 32.2. The fourth-order valence-electron chi connectivity index (χ4n) is 2.41. The van der Waals surface area contributed by atoms with Gasteiger partial charge in [0.15, 0.2) is 6.29 Å². The van der Waals surface area contributed by atoms with Gasteiger partial charge in [0.1, 0.15) is 31.7 Å². The van der Waals surface area contributed by atoms with Crippen LogP contribution in [0.4, 0.5) is 11.4 Å². The number of hydrogen-bond donors (Lipinski definition) is 1. The van der Waals surface area contributed by atoms with Crippen molar-refractivity contribution in [2.45, 2.75) is 23.3 Å². The molecule has 1 N–H and O–H groups in total. The summed E-state index contributed by atoms with van der Waals surface area (Å²) in [5.41, 5.74) is -1.93. The molecule has 17 heteroatoms. The van der Waals surface area contributed by atoms with Gasteiger partial charge in [-0.2, -0.15) is 5.11 Å². The van der Waals surface area contributed by atoms with Crippen LogP contribution in [-0.4, -0.2) is 37.3 Å². The van der Waals surface area contributed by atoms with Crippen LogP contribution >= 0.6 is 7.82 Å². The summed E-state index contributed by atoms with van der Waals surface area (Å²) in [5, 5.41) is 17.1. The molecule has 2 aromatic carbocycles. The molecule has 0 aliphatic rings. The van der Waals surface area contributed by atoms with Gasteiger partial charge in [-0.3, -0.25) is 4.79 Å². The van der Waals surface area contributed by atoms with Gasteiger partial charge in [0.05, 0.1) is 35.5 Å². The first-order chi connectivity index (χ1) is 14.5. The number of phosphoric ester groups is 1. The molecule has 0 spiro atoms. The number of aromatic hydroxyl groups is 1. The maximum Gasteiger partial charge on any atom is 0.154 e. The molecule has 0 unspecified atom stereocenters. The Morgan fingerprint density at radius 1 is 1.06 bits per heavy atom. The molecular weight excluding hydrogens is 495 g/mol. The summed E-state index contributed by atoms with van der Waals surface area (Å²) in [6, 6.07) is 2.73. The lowest BCUT2D eigenvalue weighted by Crippen LogP contribution is -2.16. The van der Waals surface area contributed by atoms with Gasteiger partial charge in [-0.25, -0.2) is 16.8 Å². The maximum atomic E-state index is 11.5. The van der Waals surface area contributed by atoms with Gasteiger partial charge >= 0.3 is 0 Å². The van der Waals surface area contributed by atoms with Crippen molar-refractivity contribution in [3.05, 3.63) is 41.0 Å². The first kappa shape index (κ1) is 25.7. The lowest BCUT2D eigenvalue weighted by Gasteiger charge is -2.29. The highest BCUT2D eigenvalue weighted by molar-refractivity contribution is 7.86. The van der Waals surface area contributed by atoms with Gasteiger partial charge in [-0.05, 0) is 36.8 Å². The van der Waals surface area contributed by atoms with E-state index < -0.39 is 67.0 Å². The van der Waals surface area contributed by atoms with Gasteiger partial charge in [-0.15, -0.1) is 5.11 Å². The monoisotopic (exact) mass is 506 g/mol. The van der Waals surface area contributed by atoms with Crippen LogP contribution in [0.15, 0.2) is 44.3 Å². The Kier molecular flexibility index (Phi) is 7.33. The number of aryl methyl sites for hydroxylation is 1. The number of hydrogen-bond acceptors (Lipinski definition) is 14. The second-order valence-electron chi connectivity index (χ2n) is 6.03. The van der Waals surface area contributed by atoms with E-state index in [9.17, 15) is 50.2 Å². The predicted octanol–water partition coefficient (Wildman–Crippen LogP) is 0.0820. The number of benzene rings is 2. The Hall–Kier alpha value is -2.56. The first-order valence-electron chi connectivity index (χ1n) is 7.99. The summed E-state index contributed by atoms with van der Waals surface area (Å²) in [4.78, 5) is 30.7. The molecule has 0 heterocycles. The molecule has 0 fully saturated rings. The van der Waals surface area contributed by atoms with E-state index in [1.54, 1.807) is 0 Å². The minimum Gasteiger partial charge on any atom is -0.790 e. The maximum absolute atomic E-state index is 11.5. The second kappa shape index (κ2) is 9.13. The third-order valence-electron chi connectivity index (χ3n) is 3.86. The molecule has 0 radical (unpaired) electrons. The SMILES string of the molecule is Cc1cc(N=Nc2ccc(S(=O)(=O)[O-])cc2S(=O)(=O)[O-])c(COP(=O)([O-])[O-])c(C=O)c1O. The number of phenols is 1. The third kappa shape index (κ3) is 6.24. The summed E-state index contributed by atoms with van der Waals surface area (Å²) in [6.45, 7) is 0.278. The fourth-order valence-corrected chi connectivity index (χ4v) is 3.90. The Morgan fingerprint density at radius 3 is 2.16 bits per heavy atom. The van der Waals surface area contributed by atoms with Crippen LogP contribution in [0.2, 0.25) is 0 Å². The molecule has 0 bridgehead atoms. The van der Waals surface area contributed by atoms with E-state index in [1.165, 1.54) is 6.92 Å². The summed E-state index contributed by atoms with van der Waals surface area (Å²) >= 11 is 0. The standard InChI is InChI=1S/C15H15N2O12PS2/c1-8-4-13(11(7-29-30(20,21)22)10(6-18)15(8)19)17-16-12-3-2-9(31(23,24)25)5-14(12)32(26,27)28/h2-6,19H,7H2,1H3,(H2,20,21,22)(H,23,24,25)(H,26,27,28)/p-4. The lowest BCUT2D eigenvalue weighted by molar-refractivity contribution is -0.342. The quantitative estimate of drug-likeness (QED) is 0.216. The summed E-state index contributed by atoms with van der Waals surface area (Å²) < 4.78 is 82.6. The van der Waals surface area contributed by atoms with E-state index in [2.05, 4.69) is 14.8 Å². The average Bonchev–Trinajstić information content (AvgIpc) is 2.65. The van der Waals surface area contributed by atoms with Crippen LogP contribution in [0.5, 0.6) is 5.75 Å². The summed E-state index contributed by atoms with van der Waals surface area (Å²) in [7, 11) is -16.0. The molecule has 0 atom stereocenters. The number of carbonyl (C=O) groups is 1. The average molecular weight is 506 g/mol. The van der Waals surface area contributed by atoms with Crippen LogP contribution in [0.25, 0.3) is 0 Å². The number of azo groups is 1. The van der Waals surface area contributed by atoms with Crippen molar-refractivity contribution in [1.82, 2.24) is 0 Å². The third-order valence-corrected chi connectivity index (χ3v) is 6.00. The van der Waals surface area contributed by atoms with E-state index in [4.69, 9.17) is 0 Å². The molecule has 0 aliphatic heterocycles. The molecular formula is C15H11N2O12PS2-4. The molecule has 32 heavy (non-hydrogen) atoms. The molecule has 2 aromatic rings. The van der Waals surface area contributed by atoms with Crippen molar-refractivity contribution in [1.29, 1.82) is 0 Å². The number of phosphoric acid groups is 1. The minimum atomic E-state index is -5.51. The van der Waals surface area contributed by atoms with Crippen LogP contribution < -0.4 is 9.79 Å². The van der Waals surface area contributed by atoms with E-state index in [1.807, 2.05) is 0 Å². The Bertz CT molecular complexity index is 1360. The van der Waals surface area contributed by atoms with E-state index >= 15 is 0 Å². The molecule has 0 amide bonds. The van der Waals surface area contributed by atoms with Crippen LogP contribution in [0.3, 0.4) is 0 Å². The van der Waals surface area contributed by atoms with Crippen molar-refractivity contribution < 1.29 is 54.7 Å². The van der Waals surface area contributed by atoms with Gasteiger partial charge < -0.3 is 33.1 Å². The van der Waals surface area contributed by atoms with Gasteiger partial charge in [0.25, 0.3) is 0 Å². The minimum absolute atomic E-state index is 0.0432. The number of rotatable bonds is 8. The normalized spacial score (nSPS) is 12.9. The zero-order chi connectivity index (χ0) is 24.5.